The number of hydrogen-bond acceptors (Lipinski definition) is 1. The summed E-state index contributed by atoms with van der Waals surface area (Å²) >= 11 is 0. The Balaban J connectivity index is 1.59. The molecule has 0 saturated carbocycles. The number of aryl methyl sites for hydroxylation is 1. The Morgan fingerprint density at radius 1 is 1.14 bits per heavy atom. The van der Waals surface area contributed by atoms with Crippen molar-refractivity contribution in [1.82, 2.24) is 0 Å². The first-order chi connectivity index (χ1) is 10.2. The zero-order valence-corrected chi connectivity index (χ0v) is 12.4. The molecule has 3 heteroatoms. The summed E-state index contributed by atoms with van der Waals surface area (Å²) in [5.74, 6) is 0.0926. The third-order valence-corrected chi connectivity index (χ3v) is 4.02. The summed E-state index contributed by atoms with van der Waals surface area (Å²) in [5.41, 5.74) is 4.85. The number of nitrogens with one attached hydrogen (secondary N) is 2. The van der Waals surface area contributed by atoms with Crippen molar-refractivity contribution >= 4 is 11.6 Å². The van der Waals surface area contributed by atoms with Crippen molar-refractivity contribution in [2.75, 3.05) is 18.4 Å². The van der Waals surface area contributed by atoms with Crippen molar-refractivity contribution in [3.05, 3.63) is 65.2 Å². The molecule has 0 spiro atoms. The van der Waals surface area contributed by atoms with Gasteiger partial charge >= 0.3 is 0 Å². The Hall–Kier alpha value is -2.13. The normalized spacial score (nSPS) is 17.1. The van der Waals surface area contributed by atoms with Gasteiger partial charge in [-0.25, -0.2) is 0 Å². The fourth-order valence-corrected chi connectivity index (χ4v) is 2.95. The molecule has 3 rings (SSSR count). The smallest absolute Gasteiger partial charge is 0.279 e. The highest BCUT2D eigenvalue weighted by molar-refractivity contribution is 5.91. The van der Waals surface area contributed by atoms with E-state index in [0.717, 1.165) is 30.8 Å². The van der Waals surface area contributed by atoms with E-state index in [1.54, 1.807) is 0 Å². The Morgan fingerprint density at radius 3 is 2.76 bits per heavy atom. The molecule has 0 aliphatic carbocycles. The van der Waals surface area contributed by atoms with Crippen molar-refractivity contribution in [3.8, 4) is 0 Å². The molecule has 1 aliphatic heterocycles. The summed E-state index contributed by atoms with van der Waals surface area (Å²) in [5, 5.41) is 2.99. The lowest BCUT2D eigenvalue weighted by Crippen LogP contribution is -3.12. The number of quaternary nitrogens is 1. The Kier molecular flexibility index (Phi) is 4.02. The SMILES string of the molecule is Cc1cccc(NC(=O)C[NH+]2CCc3ccccc3C2)c1. The molecule has 0 fully saturated rings. The minimum absolute atomic E-state index is 0.0926. The largest absolute Gasteiger partial charge is 0.323 e. The number of hydrogen-bond donors (Lipinski definition) is 2. The standard InChI is InChI=1S/C18H20N2O/c1-14-5-4-8-17(11-14)19-18(21)13-20-10-9-15-6-2-3-7-16(15)12-20/h2-8,11H,9-10,12-13H2,1H3,(H,19,21)/p+1. The fourth-order valence-electron chi connectivity index (χ4n) is 2.95. The molecule has 2 aromatic carbocycles. The molecule has 3 nitrogen and oxygen atoms in total. The van der Waals surface area contributed by atoms with Gasteiger partial charge < -0.3 is 10.2 Å². The molecule has 1 unspecified atom stereocenters. The van der Waals surface area contributed by atoms with Crippen LogP contribution < -0.4 is 10.2 Å². The maximum Gasteiger partial charge on any atom is 0.279 e. The molecule has 1 heterocycles. The van der Waals surface area contributed by atoms with Crippen LogP contribution in [0, 0.1) is 6.92 Å². The average molecular weight is 281 g/mol. The van der Waals surface area contributed by atoms with Gasteiger partial charge in [0.2, 0.25) is 0 Å². The van der Waals surface area contributed by atoms with E-state index in [-0.39, 0.29) is 5.91 Å². The van der Waals surface area contributed by atoms with Gasteiger partial charge in [0.25, 0.3) is 5.91 Å². The quantitative estimate of drug-likeness (QED) is 0.880. The van der Waals surface area contributed by atoms with E-state index >= 15 is 0 Å². The fraction of sp³-hybridized carbons (Fsp3) is 0.278. The molecule has 0 aromatic heterocycles. The zero-order valence-electron chi connectivity index (χ0n) is 12.4. The van der Waals surface area contributed by atoms with E-state index in [4.69, 9.17) is 0 Å². The molecule has 1 atom stereocenters. The second-order valence-electron chi connectivity index (χ2n) is 5.79. The topological polar surface area (TPSA) is 33.5 Å². The third-order valence-electron chi connectivity index (χ3n) is 4.02. The Labute approximate surface area is 125 Å². The number of carbonyl (C=O) groups is 1. The maximum atomic E-state index is 12.2. The van der Waals surface area contributed by atoms with Gasteiger partial charge in [-0.15, -0.1) is 0 Å². The van der Waals surface area contributed by atoms with Crippen LogP contribution in [0.15, 0.2) is 48.5 Å². The van der Waals surface area contributed by atoms with Crippen LogP contribution in [0.4, 0.5) is 5.69 Å². The molecule has 1 amide bonds. The molecule has 108 valence electrons. The number of amides is 1. The van der Waals surface area contributed by atoms with Crippen molar-refractivity contribution in [1.29, 1.82) is 0 Å². The lowest BCUT2D eigenvalue weighted by molar-refractivity contribution is -0.907. The molecule has 0 saturated heterocycles. The third kappa shape index (κ3) is 3.50. The van der Waals surface area contributed by atoms with Crippen molar-refractivity contribution in [2.45, 2.75) is 19.9 Å². The van der Waals surface area contributed by atoms with Gasteiger partial charge in [-0.1, -0.05) is 36.4 Å². The van der Waals surface area contributed by atoms with Crippen LogP contribution >= 0.6 is 0 Å². The maximum absolute atomic E-state index is 12.2. The monoisotopic (exact) mass is 281 g/mol. The summed E-state index contributed by atoms with van der Waals surface area (Å²) in [6, 6.07) is 16.5. The van der Waals surface area contributed by atoms with Crippen LogP contribution in [-0.2, 0) is 17.8 Å². The van der Waals surface area contributed by atoms with Crippen LogP contribution in [0.25, 0.3) is 0 Å². The van der Waals surface area contributed by atoms with Crippen LogP contribution in [0.5, 0.6) is 0 Å². The lowest BCUT2D eigenvalue weighted by Gasteiger charge is -2.25. The summed E-state index contributed by atoms with van der Waals surface area (Å²) in [4.78, 5) is 13.5. The Morgan fingerprint density at radius 2 is 1.95 bits per heavy atom. The second-order valence-corrected chi connectivity index (χ2v) is 5.79. The summed E-state index contributed by atoms with van der Waals surface area (Å²) < 4.78 is 0. The van der Waals surface area contributed by atoms with Crippen molar-refractivity contribution in [2.24, 2.45) is 0 Å². The first kappa shape index (κ1) is 13.8. The highest BCUT2D eigenvalue weighted by atomic mass is 16.2. The summed E-state index contributed by atoms with van der Waals surface area (Å²) in [6.07, 6.45) is 1.06. The molecule has 2 N–H and O–H groups in total. The molecule has 1 aliphatic rings. The zero-order chi connectivity index (χ0) is 14.7. The second kappa shape index (κ2) is 6.10. The van der Waals surface area contributed by atoms with Crippen LogP contribution in [0.2, 0.25) is 0 Å². The van der Waals surface area contributed by atoms with Gasteiger partial charge in [0.15, 0.2) is 6.54 Å². The van der Waals surface area contributed by atoms with Gasteiger partial charge in [-0.2, -0.15) is 0 Å². The Bertz CT molecular complexity index is 651. The van der Waals surface area contributed by atoms with Gasteiger partial charge in [0.1, 0.15) is 6.54 Å². The average Bonchev–Trinajstić information content (AvgIpc) is 2.47. The molecule has 2 aromatic rings. The van der Waals surface area contributed by atoms with Gasteiger partial charge in [-0.3, -0.25) is 4.79 Å². The van der Waals surface area contributed by atoms with Crippen molar-refractivity contribution < 1.29 is 9.69 Å². The molecular weight excluding hydrogens is 260 g/mol. The van der Waals surface area contributed by atoms with Gasteiger partial charge in [0, 0.05) is 17.7 Å². The summed E-state index contributed by atoms with van der Waals surface area (Å²) in [7, 11) is 0. The number of carbonyl (C=O) groups excluding carboxylic acids is 1. The van der Waals surface area contributed by atoms with E-state index in [1.807, 2.05) is 31.2 Å². The first-order valence-electron chi connectivity index (χ1n) is 7.47. The summed E-state index contributed by atoms with van der Waals surface area (Å²) in [6.45, 7) is 4.53. The number of anilines is 1. The van der Waals surface area contributed by atoms with E-state index in [9.17, 15) is 4.79 Å². The van der Waals surface area contributed by atoms with Crippen LogP contribution in [-0.4, -0.2) is 19.0 Å². The van der Waals surface area contributed by atoms with E-state index in [1.165, 1.54) is 16.0 Å². The number of fused-ring (bicyclic) bond motifs is 1. The molecule has 0 bridgehead atoms. The van der Waals surface area contributed by atoms with E-state index in [0.29, 0.717) is 6.54 Å². The lowest BCUT2D eigenvalue weighted by atomic mass is 10.00. The van der Waals surface area contributed by atoms with Crippen LogP contribution in [0.1, 0.15) is 16.7 Å². The molecular formula is C18H21N2O+. The highest BCUT2D eigenvalue weighted by Gasteiger charge is 2.21. The van der Waals surface area contributed by atoms with E-state index < -0.39 is 0 Å². The van der Waals surface area contributed by atoms with Crippen LogP contribution in [0.3, 0.4) is 0 Å². The first-order valence-corrected chi connectivity index (χ1v) is 7.47. The van der Waals surface area contributed by atoms with Gasteiger partial charge in [0.05, 0.1) is 6.54 Å². The molecule has 0 radical (unpaired) electrons. The molecule has 21 heavy (non-hydrogen) atoms. The number of rotatable bonds is 3. The predicted octanol–water partition coefficient (Wildman–Crippen LogP) is 1.57. The minimum atomic E-state index is 0.0926. The van der Waals surface area contributed by atoms with Crippen molar-refractivity contribution in [3.63, 3.8) is 0 Å². The number of benzene rings is 2. The van der Waals surface area contributed by atoms with E-state index in [2.05, 4.69) is 29.6 Å². The predicted molar refractivity (Wildman–Crippen MR) is 84.4 cm³/mol. The minimum Gasteiger partial charge on any atom is -0.323 e. The van der Waals surface area contributed by atoms with Gasteiger partial charge in [-0.05, 0) is 30.2 Å². The highest BCUT2D eigenvalue weighted by Crippen LogP contribution is 2.11.